The van der Waals surface area contributed by atoms with Crippen LogP contribution in [0, 0.1) is 10.8 Å². The van der Waals surface area contributed by atoms with Crippen LogP contribution in [0.1, 0.15) is 76.2 Å². The molecule has 0 saturated carbocycles. The summed E-state index contributed by atoms with van der Waals surface area (Å²) in [6.07, 6.45) is 1.58. The van der Waals surface area contributed by atoms with E-state index in [0.717, 1.165) is 0 Å². The predicted octanol–water partition coefficient (Wildman–Crippen LogP) is 2.75. The Hall–Kier alpha value is -1.85. The van der Waals surface area contributed by atoms with Gasteiger partial charge in [-0.15, -0.1) is 0 Å². The first-order chi connectivity index (χ1) is 10.7. The second kappa shape index (κ2) is 6.95. The van der Waals surface area contributed by atoms with E-state index in [1.165, 1.54) is 4.68 Å². The van der Waals surface area contributed by atoms with Crippen LogP contribution in [0.5, 0.6) is 0 Å². The van der Waals surface area contributed by atoms with E-state index in [2.05, 4.69) is 57.3 Å². The highest BCUT2D eigenvalue weighted by Crippen LogP contribution is 2.21. The Kier molecular flexibility index (Phi) is 5.85. The monoisotopic (exact) mass is 336 g/mol. The largest absolute Gasteiger partial charge is 0.349 e. The Morgan fingerprint density at radius 1 is 0.958 bits per heavy atom. The molecule has 1 aromatic heterocycles. The third kappa shape index (κ3) is 5.08. The molecule has 6 heteroatoms. The third-order valence-electron chi connectivity index (χ3n) is 4.58. The molecule has 0 spiro atoms. The molecule has 0 bridgehead atoms. The molecular weight excluding hydrogens is 304 g/mol. The minimum absolute atomic E-state index is 0.0328. The smallest absolute Gasteiger partial charge is 0.272 e. The molecule has 1 rings (SSSR count). The molecule has 0 unspecified atom stereocenters. The van der Waals surface area contributed by atoms with E-state index in [1.54, 1.807) is 13.2 Å². The van der Waals surface area contributed by atoms with Gasteiger partial charge in [-0.1, -0.05) is 41.5 Å². The zero-order chi connectivity index (χ0) is 18.9. The maximum Gasteiger partial charge on any atom is 0.272 e. The van der Waals surface area contributed by atoms with Gasteiger partial charge in [-0.3, -0.25) is 14.3 Å². The second-order valence-electron chi connectivity index (χ2n) is 8.69. The highest BCUT2D eigenvalue weighted by molar-refractivity contribution is 6.06. The predicted molar refractivity (Wildman–Crippen MR) is 96.0 cm³/mol. The fourth-order valence-electron chi connectivity index (χ4n) is 1.79. The molecule has 0 aromatic carbocycles. The Labute approximate surface area is 145 Å². The van der Waals surface area contributed by atoms with Crippen LogP contribution in [0.25, 0.3) is 0 Å². The van der Waals surface area contributed by atoms with Crippen molar-refractivity contribution in [2.45, 2.75) is 67.5 Å². The molecule has 1 heterocycles. The number of carbonyl (C=O) groups is 2. The van der Waals surface area contributed by atoms with Crippen LogP contribution in [-0.4, -0.2) is 33.7 Å². The normalized spacial score (nSPS) is 14.9. The Morgan fingerprint density at radius 3 is 1.79 bits per heavy atom. The average molecular weight is 336 g/mol. The van der Waals surface area contributed by atoms with Crippen LogP contribution >= 0.6 is 0 Å². The minimum Gasteiger partial charge on any atom is -0.349 e. The number of carbonyl (C=O) groups excluding carboxylic acids is 2. The summed E-state index contributed by atoms with van der Waals surface area (Å²) in [6, 6.07) is -0.0777. The van der Waals surface area contributed by atoms with E-state index >= 15 is 0 Å². The summed E-state index contributed by atoms with van der Waals surface area (Å²) in [5.74, 6) is -0.606. The fraction of sp³-hybridized carbons (Fsp3) is 0.722. The van der Waals surface area contributed by atoms with Gasteiger partial charge in [0.1, 0.15) is 0 Å². The van der Waals surface area contributed by atoms with Crippen molar-refractivity contribution in [2.75, 3.05) is 0 Å². The van der Waals surface area contributed by atoms with Gasteiger partial charge < -0.3 is 10.6 Å². The molecule has 2 N–H and O–H groups in total. The van der Waals surface area contributed by atoms with Crippen LogP contribution in [0.3, 0.4) is 0 Å². The first-order valence-electron chi connectivity index (χ1n) is 8.39. The van der Waals surface area contributed by atoms with Gasteiger partial charge in [0.15, 0.2) is 5.69 Å². The van der Waals surface area contributed by atoms with Crippen molar-refractivity contribution in [3.8, 4) is 0 Å². The summed E-state index contributed by atoms with van der Waals surface area (Å²) < 4.78 is 1.49. The molecule has 136 valence electrons. The van der Waals surface area contributed by atoms with E-state index in [4.69, 9.17) is 0 Å². The van der Waals surface area contributed by atoms with Crippen molar-refractivity contribution in [3.63, 3.8) is 0 Å². The Bertz CT molecular complexity index is 554. The minimum atomic E-state index is -0.327. The van der Waals surface area contributed by atoms with Crippen molar-refractivity contribution < 1.29 is 9.59 Å². The van der Waals surface area contributed by atoms with Gasteiger partial charge in [0, 0.05) is 25.3 Å². The average Bonchev–Trinajstić information content (AvgIpc) is 2.78. The topological polar surface area (TPSA) is 76.0 Å². The van der Waals surface area contributed by atoms with E-state index in [-0.39, 0.29) is 40.4 Å². The van der Waals surface area contributed by atoms with Gasteiger partial charge in [0.2, 0.25) is 0 Å². The molecule has 6 nitrogen and oxygen atoms in total. The van der Waals surface area contributed by atoms with Gasteiger partial charge in [-0.05, 0) is 24.7 Å². The lowest BCUT2D eigenvalue weighted by atomic mass is 9.87. The maximum absolute atomic E-state index is 12.6. The van der Waals surface area contributed by atoms with Crippen molar-refractivity contribution in [2.24, 2.45) is 17.9 Å². The molecule has 0 saturated heterocycles. The molecule has 24 heavy (non-hydrogen) atoms. The lowest BCUT2D eigenvalue weighted by Gasteiger charge is -2.28. The first-order valence-corrected chi connectivity index (χ1v) is 8.39. The van der Waals surface area contributed by atoms with E-state index in [0.29, 0.717) is 5.56 Å². The van der Waals surface area contributed by atoms with Gasteiger partial charge in [-0.25, -0.2) is 0 Å². The van der Waals surface area contributed by atoms with Crippen LogP contribution in [0.2, 0.25) is 0 Å². The summed E-state index contributed by atoms with van der Waals surface area (Å²) >= 11 is 0. The molecular formula is C18H32N4O2. The van der Waals surface area contributed by atoms with Crippen molar-refractivity contribution in [1.82, 2.24) is 20.4 Å². The third-order valence-corrected chi connectivity index (χ3v) is 4.58. The fourth-order valence-corrected chi connectivity index (χ4v) is 1.79. The molecule has 0 aliphatic rings. The molecule has 0 fully saturated rings. The summed E-state index contributed by atoms with van der Waals surface area (Å²) in [5, 5.41) is 10.1. The molecule has 0 radical (unpaired) electrons. The number of nitrogens with zero attached hydrogens (tertiary/aromatic N) is 2. The molecule has 0 aliphatic carbocycles. The van der Waals surface area contributed by atoms with Gasteiger partial charge in [0.05, 0.1) is 5.56 Å². The Morgan fingerprint density at radius 2 is 1.38 bits per heavy atom. The first kappa shape index (κ1) is 20.2. The van der Waals surface area contributed by atoms with Crippen LogP contribution < -0.4 is 10.6 Å². The van der Waals surface area contributed by atoms with Crippen LogP contribution in [0.4, 0.5) is 0 Å². The summed E-state index contributed by atoms with van der Waals surface area (Å²) in [6.45, 7) is 16.2. The number of amides is 2. The van der Waals surface area contributed by atoms with Crippen molar-refractivity contribution in [1.29, 1.82) is 0 Å². The lowest BCUT2D eigenvalue weighted by molar-refractivity contribution is 0.0873. The second-order valence-corrected chi connectivity index (χ2v) is 8.69. The maximum atomic E-state index is 12.6. The zero-order valence-electron chi connectivity index (χ0n) is 16.4. The van der Waals surface area contributed by atoms with Crippen molar-refractivity contribution >= 4 is 11.8 Å². The van der Waals surface area contributed by atoms with Crippen LogP contribution in [0.15, 0.2) is 6.20 Å². The summed E-state index contributed by atoms with van der Waals surface area (Å²) in [4.78, 5) is 25.1. The zero-order valence-corrected chi connectivity index (χ0v) is 16.4. The lowest BCUT2D eigenvalue weighted by Crippen LogP contribution is -2.43. The molecule has 2 atom stereocenters. The summed E-state index contributed by atoms with van der Waals surface area (Å²) in [5.41, 5.74) is 0.314. The summed E-state index contributed by atoms with van der Waals surface area (Å²) in [7, 11) is 1.70. The van der Waals surface area contributed by atoms with Gasteiger partial charge in [0.25, 0.3) is 11.8 Å². The molecule has 2 amide bonds. The highest BCUT2D eigenvalue weighted by atomic mass is 16.2. The number of aromatic nitrogens is 2. The van der Waals surface area contributed by atoms with Crippen molar-refractivity contribution in [3.05, 3.63) is 17.5 Å². The van der Waals surface area contributed by atoms with E-state index in [1.807, 2.05) is 13.8 Å². The number of hydrogen-bond donors (Lipinski definition) is 2. The van der Waals surface area contributed by atoms with Gasteiger partial charge in [-0.2, -0.15) is 5.10 Å². The molecule has 0 aliphatic heterocycles. The SMILES string of the molecule is C[C@H](NC(=O)c1cn(C)nc1C(=O)N[C@H](C)C(C)(C)C)C(C)(C)C. The van der Waals surface area contributed by atoms with Gasteiger partial charge >= 0.3 is 0 Å². The molecule has 1 aromatic rings. The van der Waals surface area contributed by atoms with E-state index < -0.39 is 0 Å². The standard InChI is InChI=1S/C18H32N4O2/c1-11(17(3,4)5)19-15(23)13-10-22(9)21-14(13)16(24)20-12(2)18(6,7)8/h10-12H,1-9H3,(H,19,23)(H,20,24)/t11-,12+/m0/s1. The number of hydrogen-bond acceptors (Lipinski definition) is 3. The quantitative estimate of drug-likeness (QED) is 0.887. The Balaban J connectivity index is 3.00. The number of aryl methyl sites for hydroxylation is 1. The number of nitrogens with one attached hydrogen (secondary N) is 2. The van der Waals surface area contributed by atoms with Crippen LogP contribution in [-0.2, 0) is 7.05 Å². The number of rotatable bonds is 4. The highest BCUT2D eigenvalue weighted by Gasteiger charge is 2.28. The van der Waals surface area contributed by atoms with E-state index in [9.17, 15) is 9.59 Å².